The summed E-state index contributed by atoms with van der Waals surface area (Å²) in [5.41, 5.74) is 21.9. The Morgan fingerprint density at radius 2 is 1.50 bits per heavy atom. The van der Waals surface area contributed by atoms with Gasteiger partial charge in [-0.25, -0.2) is 0 Å². The average molecular weight is 213 g/mol. The summed E-state index contributed by atoms with van der Waals surface area (Å²) < 4.78 is 0. The van der Waals surface area contributed by atoms with E-state index in [4.69, 9.17) is 17.2 Å². The van der Waals surface area contributed by atoms with Crippen molar-refractivity contribution >= 4 is 11.4 Å². The number of para-hydroxylation sites is 2. The molecule has 0 aromatic heterocycles. The molecule has 0 aliphatic heterocycles. The normalized spacial score (nSPS) is 10.3. The molecule has 0 fully saturated rings. The lowest BCUT2D eigenvalue weighted by Crippen LogP contribution is -2.03. The van der Waals surface area contributed by atoms with Crippen molar-refractivity contribution < 1.29 is 0 Å². The summed E-state index contributed by atoms with van der Waals surface area (Å²) in [5, 5.41) is 0. The minimum Gasteiger partial charge on any atom is -0.398 e. The van der Waals surface area contributed by atoms with Crippen LogP contribution in [0.2, 0.25) is 0 Å². The average Bonchev–Trinajstić information content (AvgIpc) is 2.31. The fourth-order valence-electron chi connectivity index (χ4n) is 1.77. The van der Waals surface area contributed by atoms with Gasteiger partial charge >= 0.3 is 0 Å². The van der Waals surface area contributed by atoms with Crippen LogP contribution in [0.1, 0.15) is 5.56 Å². The number of hydrogen-bond donors (Lipinski definition) is 3. The van der Waals surface area contributed by atoms with Gasteiger partial charge in [-0.3, -0.25) is 0 Å². The number of hydrogen-bond acceptors (Lipinski definition) is 3. The van der Waals surface area contributed by atoms with Crippen LogP contribution in [0, 0.1) is 0 Å². The first-order chi connectivity index (χ1) is 7.74. The topological polar surface area (TPSA) is 78.1 Å². The molecule has 0 radical (unpaired) electrons. The Morgan fingerprint density at radius 1 is 0.812 bits per heavy atom. The second-order valence-electron chi connectivity index (χ2n) is 3.67. The third-order valence-electron chi connectivity index (χ3n) is 2.67. The number of nitrogen functional groups attached to an aromatic ring is 2. The Balaban J connectivity index is 2.61. The molecule has 0 saturated heterocycles. The molecule has 82 valence electrons. The van der Waals surface area contributed by atoms with Crippen molar-refractivity contribution in [1.29, 1.82) is 0 Å². The molecule has 2 aromatic rings. The minimum atomic E-state index is 0.437. The summed E-state index contributed by atoms with van der Waals surface area (Å²) in [6.07, 6.45) is 0. The molecule has 2 rings (SSSR count). The molecule has 0 aliphatic rings. The van der Waals surface area contributed by atoms with E-state index >= 15 is 0 Å². The predicted octanol–water partition coefficient (Wildman–Crippen LogP) is 1.98. The van der Waals surface area contributed by atoms with E-state index in [0.29, 0.717) is 12.2 Å². The van der Waals surface area contributed by atoms with Gasteiger partial charge in [0.2, 0.25) is 0 Å². The van der Waals surface area contributed by atoms with Crippen molar-refractivity contribution in [2.24, 2.45) is 5.73 Å². The summed E-state index contributed by atoms with van der Waals surface area (Å²) in [5.74, 6) is 0. The molecular weight excluding hydrogens is 198 g/mol. The lowest BCUT2D eigenvalue weighted by Gasteiger charge is -2.11. The molecule has 0 saturated carbocycles. The fourth-order valence-corrected chi connectivity index (χ4v) is 1.77. The largest absolute Gasteiger partial charge is 0.398 e. The van der Waals surface area contributed by atoms with Crippen molar-refractivity contribution in [3.8, 4) is 11.1 Å². The van der Waals surface area contributed by atoms with Crippen LogP contribution in [0.15, 0.2) is 42.5 Å². The van der Waals surface area contributed by atoms with E-state index in [2.05, 4.69) is 0 Å². The molecule has 6 N–H and O–H groups in total. The summed E-state index contributed by atoms with van der Waals surface area (Å²) in [6, 6.07) is 13.5. The summed E-state index contributed by atoms with van der Waals surface area (Å²) in [4.78, 5) is 0. The van der Waals surface area contributed by atoms with Gasteiger partial charge in [-0.05, 0) is 11.6 Å². The van der Waals surface area contributed by atoms with Crippen LogP contribution in [-0.2, 0) is 6.54 Å². The molecule has 2 aromatic carbocycles. The zero-order valence-electron chi connectivity index (χ0n) is 8.98. The zero-order chi connectivity index (χ0) is 11.5. The maximum atomic E-state index is 6.06. The van der Waals surface area contributed by atoms with E-state index in [-0.39, 0.29) is 0 Å². The van der Waals surface area contributed by atoms with E-state index in [1.54, 1.807) is 0 Å². The monoisotopic (exact) mass is 213 g/mol. The molecule has 0 heterocycles. The van der Waals surface area contributed by atoms with E-state index in [0.717, 1.165) is 22.4 Å². The van der Waals surface area contributed by atoms with Gasteiger partial charge in [0.25, 0.3) is 0 Å². The number of nitrogens with two attached hydrogens (primary N) is 3. The molecular formula is C13H15N3. The summed E-state index contributed by atoms with van der Waals surface area (Å²) >= 11 is 0. The van der Waals surface area contributed by atoms with E-state index in [9.17, 15) is 0 Å². The van der Waals surface area contributed by atoms with Gasteiger partial charge < -0.3 is 17.2 Å². The highest BCUT2D eigenvalue weighted by atomic mass is 14.6. The predicted molar refractivity (Wildman–Crippen MR) is 68.6 cm³/mol. The van der Waals surface area contributed by atoms with Gasteiger partial charge in [0.05, 0.1) is 0 Å². The smallest absolute Gasteiger partial charge is 0.0440 e. The first-order valence-electron chi connectivity index (χ1n) is 5.16. The highest BCUT2D eigenvalue weighted by Gasteiger charge is 2.07. The lowest BCUT2D eigenvalue weighted by molar-refractivity contribution is 1.08. The zero-order valence-corrected chi connectivity index (χ0v) is 8.98. The van der Waals surface area contributed by atoms with Crippen molar-refractivity contribution in [3.63, 3.8) is 0 Å². The van der Waals surface area contributed by atoms with E-state index < -0.39 is 0 Å². The SMILES string of the molecule is NCc1cccc(-c2ccccc2N)c1N. The Labute approximate surface area is 94.9 Å². The Bertz CT molecular complexity index is 506. The molecule has 16 heavy (non-hydrogen) atoms. The Hall–Kier alpha value is -2.00. The first kappa shape index (κ1) is 10.5. The van der Waals surface area contributed by atoms with Gasteiger partial charge in [-0.1, -0.05) is 36.4 Å². The van der Waals surface area contributed by atoms with Gasteiger partial charge in [0, 0.05) is 29.0 Å². The molecule has 0 amide bonds. The van der Waals surface area contributed by atoms with Gasteiger partial charge in [0.15, 0.2) is 0 Å². The van der Waals surface area contributed by atoms with Crippen LogP contribution in [-0.4, -0.2) is 0 Å². The molecule has 3 nitrogen and oxygen atoms in total. The van der Waals surface area contributed by atoms with Crippen LogP contribution in [0.4, 0.5) is 11.4 Å². The molecule has 0 bridgehead atoms. The van der Waals surface area contributed by atoms with Crippen molar-refractivity contribution in [3.05, 3.63) is 48.0 Å². The molecule has 0 unspecified atom stereocenters. The van der Waals surface area contributed by atoms with Crippen LogP contribution in [0.5, 0.6) is 0 Å². The summed E-state index contributed by atoms with van der Waals surface area (Å²) in [6.45, 7) is 0.437. The molecule has 0 spiro atoms. The Morgan fingerprint density at radius 3 is 2.19 bits per heavy atom. The minimum absolute atomic E-state index is 0.437. The van der Waals surface area contributed by atoms with Crippen LogP contribution < -0.4 is 17.2 Å². The second-order valence-corrected chi connectivity index (χ2v) is 3.67. The van der Waals surface area contributed by atoms with Crippen molar-refractivity contribution in [1.82, 2.24) is 0 Å². The highest BCUT2D eigenvalue weighted by molar-refractivity contribution is 5.85. The van der Waals surface area contributed by atoms with Crippen LogP contribution in [0.25, 0.3) is 11.1 Å². The standard InChI is InChI=1S/C13H15N3/c14-8-9-4-3-6-11(13(9)16)10-5-1-2-7-12(10)15/h1-7H,8,14-16H2. The summed E-state index contributed by atoms with van der Waals surface area (Å²) in [7, 11) is 0. The third-order valence-corrected chi connectivity index (χ3v) is 2.67. The van der Waals surface area contributed by atoms with Gasteiger partial charge in [0.1, 0.15) is 0 Å². The number of benzene rings is 2. The third kappa shape index (κ3) is 1.73. The second kappa shape index (κ2) is 4.24. The molecule has 3 heteroatoms. The fraction of sp³-hybridized carbons (Fsp3) is 0.0769. The maximum absolute atomic E-state index is 6.06. The first-order valence-corrected chi connectivity index (χ1v) is 5.16. The molecule has 0 aliphatic carbocycles. The highest BCUT2D eigenvalue weighted by Crippen LogP contribution is 2.32. The maximum Gasteiger partial charge on any atom is 0.0440 e. The van der Waals surface area contributed by atoms with Crippen LogP contribution >= 0.6 is 0 Å². The van der Waals surface area contributed by atoms with Crippen molar-refractivity contribution in [2.45, 2.75) is 6.54 Å². The Kier molecular flexibility index (Phi) is 2.79. The lowest BCUT2D eigenvalue weighted by atomic mass is 9.99. The van der Waals surface area contributed by atoms with E-state index in [1.165, 1.54) is 0 Å². The van der Waals surface area contributed by atoms with Gasteiger partial charge in [-0.2, -0.15) is 0 Å². The number of rotatable bonds is 2. The quantitative estimate of drug-likeness (QED) is 0.667. The van der Waals surface area contributed by atoms with Crippen LogP contribution in [0.3, 0.4) is 0 Å². The van der Waals surface area contributed by atoms with Crippen molar-refractivity contribution in [2.75, 3.05) is 11.5 Å². The number of anilines is 2. The molecule has 0 atom stereocenters. The van der Waals surface area contributed by atoms with Gasteiger partial charge in [-0.15, -0.1) is 0 Å². The van der Waals surface area contributed by atoms with E-state index in [1.807, 2.05) is 42.5 Å².